The van der Waals surface area contributed by atoms with Crippen molar-refractivity contribution in [1.82, 2.24) is 10.2 Å². The first-order chi connectivity index (χ1) is 9.63. The van der Waals surface area contributed by atoms with Crippen LogP contribution in [0.15, 0.2) is 24.3 Å². The van der Waals surface area contributed by atoms with Gasteiger partial charge in [-0.05, 0) is 57.1 Å². The van der Waals surface area contributed by atoms with E-state index in [1.54, 1.807) is 12.1 Å². The van der Waals surface area contributed by atoms with Gasteiger partial charge in [0.2, 0.25) is 5.91 Å². The zero-order valence-corrected chi connectivity index (χ0v) is 12.6. The normalized spacial score (nSPS) is 16.4. The molecule has 0 aliphatic carbocycles. The second-order valence-corrected chi connectivity index (χ2v) is 5.89. The molecule has 0 unspecified atom stereocenters. The number of likely N-dealkylation sites (N-methyl/N-ethyl adjacent to an activating group) is 1. The number of anilines is 1. The van der Waals surface area contributed by atoms with Gasteiger partial charge in [0.1, 0.15) is 0 Å². The van der Waals surface area contributed by atoms with Crippen molar-refractivity contribution >= 4 is 23.2 Å². The van der Waals surface area contributed by atoms with E-state index < -0.39 is 0 Å². The molecule has 110 valence electrons. The quantitative estimate of drug-likeness (QED) is 0.875. The van der Waals surface area contributed by atoms with Gasteiger partial charge in [-0.1, -0.05) is 17.7 Å². The minimum Gasteiger partial charge on any atom is -0.325 e. The third kappa shape index (κ3) is 5.12. The predicted octanol–water partition coefficient (Wildman–Crippen LogP) is 2.21. The van der Waals surface area contributed by atoms with Crippen molar-refractivity contribution in [2.75, 3.05) is 38.5 Å². The molecule has 0 spiro atoms. The van der Waals surface area contributed by atoms with Crippen LogP contribution in [0.2, 0.25) is 5.02 Å². The molecule has 0 bridgehead atoms. The average Bonchev–Trinajstić information content (AvgIpc) is 2.39. The number of piperidine rings is 1. The van der Waals surface area contributed by atoms with Crippen LogP contribution in [0.4, 0.5) is 5.69 Å². The van der Waals surface area contributed by atoms with Crippen LogP contribution in [0.5, 0.6) is 0 Å². The molecule has 20 heavy (non-hydrogen) atoms. The third-order valence-electron chi connectivity index (χ3n) is 3.55. The van der Waals surface area contributed by atoms with Crippen LogP contribution in [-0.4, -0.2) is 44.0 Å². The molecule has 1 aromatic carbocycles. The van der Waals surface area contributed by atoms with Gasteiger partial charge in [-0.15, -0.1) is 0 Å². The molecule has 1 amide bonds. The summed E-state index contributed by atoms with van der Waals surface area (Å²) < 4.78 is 0. The zero-order chi connectivity index (χ0) is 14.4. The summed E-state index contributed by atoms with van der Waals surface area (Å²) in [5.41, 5.74) is 0.748. The van der Waals surface area contributed by atoms with Crippen molar-refractivity contribution in [1.29, 1.82) is 0 Å². The van der Waals surface area contributed by atoms with Gasteiger partial charge in [-0.3, -0.25) is 9.69 Å². The Hall–Kier alpha value is -1.10. The Morgan fingerprint density at radius 1 is 1.45 bits per heavy atom. The molecule has 1 saturated heterocycles. The molecule has 1 aliphatic rings. The van der Waals surface area contributed by atoms with E-state index in [9.17, 15) is 4.79 Å². The summed E-state index contributed by atoms with van der Waals surface area (Å²) in [5.74, 6) is 0.698. The molecule has 0 aromatic heterocycles. The lowest BCUT2D eigenvalue weighted by molar-refractivity contribution is -0.117. The largest absolute Gasteiger partial charge is 0.325 e. The minimum atomic E-state index is 0.00343. The highest BCUT2D eigenvalue weighted by atomic mass is 35.5. The lowest BCUT2D eigenvalue weighted by atomic mass is 9.98. The Balaban J connectivity index is 1.75. The Labute approximate surface area is 125 Å². The highest BCUT2D eigenvalue weighted by Crippen LogP contribution is 2.15. The number of hydrogen-bond donors (Lipinski definition) is 2. The summed E-state index contributed by atoms with van der Waals surface area (Å²) in [5, 5.41) is 6.86. The lowest BCUT2D eigenvalue weighted by Gasteiger charge is -2.27. The second kappa shape index (κ2) is 7.62. The Bertz CT molecular complexity index is 446. The maximum absolute atomic E-state index is 12.0. The fourth-order valence-electron chi connectivity index (χ4n) is 2.58. The van der Waals surface area contributed by atoms with Crippen molar-refractivity contribution in [3.05, 3.63) is 29.3 Å². The van der Waals surface area contributed by atoms with Gasteiger partial charge in [-0.2, -0.15) is 0 Å². The van der Waals surface area contributed by atoms with Crippen molar-refractivity contribution in [3.8, 4) is 0 Å². The van der Waals surface area contributed by atoms with Gasteiger partial charge in [0, 0.05) is 17.3 Å². The van der Waals surface area contributed by atoms with Crippen molar-refractivity contribution < 1.29 is 4.79 Å². The maximum Gasteiger partial charge on any atom is 0.238 e. The minimum absolute atomic E-state index is 0.00343. The fourth-order valence-corrected chi connectivity index (χ4v) is 2.77. The van der Waals surface area contributed by atoms with Crippen LogP contribution >= 0.6 is 11.6 Å². The molecule has 4 nitrogen and oxygen atoms in total. The zero-order valence-electron chi connectivity index (χ0n) is 11.9. The monoisotopic (exact) mass is 295 g/mol. The van der Waals surface area contributed by atoms with E-state index >= 15 is 0 Å². The van der Waals surface area contributed by atoms with Crippen molar-refractivity contribution in [2.24, 2.45) is 5.92 Å². The van der Waals surface area contributed by atoms with Crippen molar-refractivity contribution in [3.63, 3.8) is 0 Å². The summed E-state index contributed by atoms with van der Waals surface area (Å²) >= 11 is 5.90. The average molecular weight is 296 g/mol. The van der Waals surface area contributed by atoms with E-state index in [1.165, 1.54) is 12.8 Å². The number of hydrogen-bond acceptors (Lipinski definition) is 3. The summed E-state index contributed by atoms with van der Waals surface area (Å²) in [6.07, 6.45) is 2.39. The number of nitrogens with zero attached hydrogens (tertiary/aromatic N) is 1. The van der Waals surface area contributed by atoms with E-state index in [2.05, 4.69) is 15.5 Å². The van der Waals surface area contributed by atoms with Gasteiger partial charge < -0.3 is 10.6 Å². The second-order valence-electron chi connectivity index (χ2n) is 5.45. The van der Waals surface area contributed by atoms with Gasteiger partial charge in [0.15, 0.2) is 0 Å². The molecular weight excluding hydrogens is 274 g/mol. The number of halogens is 1. The molecule has 1 heterocycles. The van der Waals surface area contributed by atoms with E-state index in [4.69, 9.17) is 11.6 Å². The van der Waals surface area contributed by atoms with Crippen LogP contribution in [-0.2, 0) is 4.79 Å². The van der Waals surface area contributed by atoms with E-state index in [-0.39, 0.29) is 5.91 Å². The maximum atomic E-state index is 12.0. The molecule has 1 fully saturated rings. The van der Waals surface area contributed by atoms with E-state index in [0.717, 1.165) is 25.3 Å². The summed E-state index contributed by atoms with van der Waals surface area (Å²) in [6.45, 7) is 3.57. The topological polar surface area (TPSA) is 44.4 Å². The van der Waals surface area contributed by atoms with Gasteiger partial charge in [0.05, 0.1) is 6.54 Å². The number of carbonyl (C=O) groups excluding carboxylic acids is 1. The van der Waals surface area contributed by atoms with Gasteiger partial charge >= 0.3 is 0 Å². The number of rotatable bonds is 5. The number of nitrogens with one attached hydrogen (secondary N) is 2. The van der Waals surface area contributed by atoms with E-state index in [1.807, 2.05) is 19.2 Å². The van der Waals surface area contributed by atoms with E-state index in [0.29, 0.717) is 17.5 Å². The lowest BCUT2D eigenvalue weighted by Crippen LogP contribution is -2.37. The number of benzene rings is 1. The van der Waals surface area contributed by atoms with Gasteiger partial charge in [-0.25, -0.2) is 0 Å². The predicted molar refractivity (Wildman–Crippen MR) is 83.2 cm³/mol. The summed E-state index contributed by atoms with van der Waals surface area (Å²) in [7, 11) is 2.00. The first-order valence-corrected chi connectivity index (χ1v) is 7.46. The highest BCUT2D eigenvalue weighted by molar-refractivity contribution is 6.30. The third-order valence-corrected chi connectivity index (χ3v) is 3.79. The molecule has 0 atom stereocenters. The molecule has 5 heteroatoms. The summed E-state index contributed by atoms with van der Waals surface area (Å²) in [6, 6.07) is 7.22. The van der Waals surface area contributed by atoms with Crippen LogP contribution in [0, 0.1) is 5.92 Å². The molecule has 2 rings (SSSR count). The smallest absolute Gasteiger partial charge is 0.238 e. The molecular formula is C15H22ClN3O. The number of carbonyl (C=O) groups is 1. The molecule has 1 aliphatic heterocycles. The highest BCUT2D eigenvalue weighted by Gasteiger charge is 2.16. The summed E-state index contributed by atoms with van der Waals surface area (Å²) in [4.78, 5) is 14.1. The Morgan fingerprint density at radius 3 is 2.90 bits per heavy atom. The Morgan fingerprint density at radius 2 is 2.20 bits per heavy atom. The SMILES string of the molecule is CN(CC(=O)Nc1cccc(Cl)c1)CC1CCNCC1. The van der Waals surface area contributed by atoms with Crippen LogP contribution in [0.1, 0.15) is 12.8 Å². The number of amides is 1. The first-order valence-electron chi connectivity index (χ1n) is 7.08. The molecule has 0 radical (unpaired) electrons. The fraction of sp³-hybridized carbons (Fsp3) is 0.533. The van der Waals surface area contributed by atoms with Crippen LogP contribution in [0.3, 0.4) is 0 Å². The van der Waals surface area contributed by atoms with Gasteiger partial charge in [0.25, 0.3) is 0 Å². The van der Waals surface area contributed by atoms with Crippen LogP contribution in [0.25, 0.3) is 0 Å². The standard InChI is InChI=1S/C15H22ClN3O/c1-19(10-12-5-7-17-8-6-12)11-15(20)18-14-4-2-3-13(16)9-14/h2-4,9,12,17H,5-8,10-11H2,1H3,(H,18,20). The molecule has 0 saturated carbocycles. The van der Waals surface area contributed by atoms with Crippen molar-refractivity contribution in [2.45, 2.75) is 12.8 Å². The first kappa shape index (κ1) is 15.3. The van der Waals surface area contributed by atoms with Crippen LogP contribution < -0.4 is 10.6 Å². The molecule has 1 aromatic rings. The molecule has 2 N–H and O–H groups in total. The Kier molecular flexibility index (Phi) is 5.83.